The van der Waals surface area contributed by atoms with Crippen molar-refractivity contribution in [1.29, 1.82) is 0 Å². The molecule has 1 aromatic heterocycles. The van der Waals surface area contributed by atoms with Crippen LogP contribution in [0.5, 0.6) is 0 Å². The fourth-order valence-electron chi connectivity index (χ4n) is 2.06. The lowest BCUT2D eigenvalue weighted by Gasteiger charge is -2.04. The monoisotopic (exact) mass is 331 g/mol. The van der Waals surface area contributed by atoms with E-state index >= 15 is 0 Å². The Hall–Kier alpha value is -2.21. The van der Waals surface area contributed by atoms with Crippen molar-refractivity contribution in [3.8, 4) is 0 Å². The molecule has 0 aliphatic carbocycles. The van der Waals surface area contributed by atoms with E-state index in [2.05, 4.69) is 21.0 Å². The van der Waals surface area contributed by atoms with Gasteiger partial charge in [0.15, 0.2) is 0 Å². The van der Waals surface area contributed by atoms with Gasteiger partial charge < -0.3 is 0 Å². The van der Waals surface area contributed by atoms with Gasteiger partial charge in [0, 0.05) is 22.0 Å². The molecule has 0 aliphatic rings. The Morgan fingerprint density at radius 1 is 1.20 bits per heavy atom. The van der Waals surface area contributed by atoms with Crippen molar-refractivity contribution in [3.63, 3.8) is 0 Å². The first-order valence-corrected chi connectivity index (χ1v) is 6.77. The zero-order chi connectivity index (χ0) is 14.1. The summed E-state index contributed by atoms with van der Waals surface area (Å²) in [5.74, 6) is 0. The Morgan fingerprint density at radius 3 is 2.65 bits per heavy atom. The quantitative estimate of drug-likeness (QED) is 0.542. The molecule has 0 N–H and O–H groups in total. The second kappa shape index (κ2) is 5.05. The van der Waals surface area contributed by atoms with Gasteiger partial charge in [0.1, 0.15) is 0 Å². The van der Waals surface area contributed by atoms with E-state index in [4.69, 9.17) is 0 Å². The van der Waals surface area contributed by atoms with Crippen LogP contribution in [0.1, 0.15) is 5.56 Å². The molecule has 0 atom stereocenters. The van der Waals surface area contributed by atoms with Crippen molar-refractivity contribution in [1.82, 2.24) is 9.78 Å². The summed E-state index contributed by atoms with van der Waals surface area (Å²) >= 11 is 3.39. The van der Waals surface area contributed by atoms with Gasteiger partial charge in [0.25, 0.3) is 5.69 Å². The van der Waals surface area contributed by atoms with Crippen molar-refractivity contribution in [3.05, 3.63) is 68.8 Å². The Labute approximate surface area is 123 Å². The molecule has 0 radical (unpaired) electrons. The van der Waals surface area contributed by atoms with E-state index in [-0.39, 0.29) is 5.69 Å². The number of nitro benzene ring substituents is 1. The van der Waals surface area contributed by atoms with Gasteiger partial charge in [-0.25, -0.2) is 0 Å². The van der Waals surface area contributed by atoms with Crippen LogP contribution in [0.25, 0.3) is 10.9 Å². The number of hydrogen-bond acceptors (Lipinski definition) is 3. The highest BCUT2D eigenvalue weighted by molar-refractivity contribution is 9.10. The van der Waals surface area contributed by atoms with Gasteiger partial charge in [-0.2, -0.15) is 5.10 Å². The van der Waals surface area contributed by atoms with E-state index in [1.165, 1.54) is 6.07 Å². The summed E-state index contributed by atoms with van der Waals surface area (Å²) in [6.07, 6.45) is 1.72. The smallest absolute Gasteiger partial charge is 0.260 e. The Bertz CT molecular complexity index is 781. The molecule has 0 amide bonds. The summed E-state index contributed by atoms with van der Waals surface area (Å²) < 4.78 is 2.79. The number of rotatable bonds is 3. The maximum Gasteiger partial charge on any atom is 0.271 e. The highest BCUT2D eigenvalue weighted by Gasteiger charge is 2.10. The molecule has 0 bridgehead atoms. The third-order valence-corrected chi connectivity index (χ3v) is 3.61. The minimum absolute atomic E-state index is 0.0788. The topological polar surface area (TPSA) is 61.0 Å². The number of non-ortho nitro benzene ring substituents is 1. The van der Waals surface area contributed by atoms with Crippen LogP contribution < -0.4 is 0 Å². The summed E-state index contributed by atoms with van der Waals surface area (Å²) in [6, 6.07) is 12.7. The second-order valence-corrected chi connectivity index (χ2v) is 5.34. The van der Waals surface area contributed by atoms with Gasteiger partial charge in [-0.15, -0.1) is 0 Å². The molecule has 6 heteroatoms. The molecule has 0 unspecified atom stereocenters. The molecular formula is C14H10BrN3O2. The predicted octanol–water partition coefficient (Wildman–Crippen LogP) is 3.76. The van der Waals surface area contributed by atoms with Crippen molar-refractivity contribution >= 4 is 32.5 Å². The molecule has 1 heterocycles. The number of aromatic nitrogens is 2. The summed E-state index contributed by atoms with van der Waals surface area (Å²) in [5, 5.41) is 16.0. The average molecular weight is 332 g/mol. The summed E-state index contributed by atoms with van der Waals surface area (Å²) in [4.78, 5) is 10.5. The van der Waals surface area contributed by atoms with Crippen molar-refractivity contribution in [2.45, 2.75) is 6.54 Å². The Kier molecular flexibility index (Phi) is 3.23. The van der Waals surface area contributed by atoms with Crippen molar-refractivity contribution in [2.75, 3.05) is 0 Å². The molecule has 3 aromatic rings. The standard InChI is InChI=1S/C14H10BrN3O2/c15-12-4-1-10(2-5-12)9-17-14-7-13(18(19)20)6-3-11(14)8-16-17/h1-8H,9H2. The molecular weight excluding hydrogens is 322 g/mol. The highest BCUT2D eigenvalue weighted by atomic mass is 79.9. The maximum atomic E-state index is 10.8. The van der Waals surface area contributed by atoms with E-state index in [0.29, 0.717) is 6.54 Å². The van der Waals surface area contributed by atoms with E-state index in [1.54, 1.807) is 23.0 Å². The first kappa shape index (κ1) is 12.8. The molecule has 5 nitrogen and oxygen atoms in total. The largest absolute Gasteiger partial charge is 0.271 e. The number of fused-ring (bicyclic) bond motifs is 1. The molecule has 0 spiro atoms. The summed E-state index contributed by atoms with van der Waals surface area (Å²) in [5.41, 5.74) is 1.93. The van der Waals surface area contributed by atoms with Gasteiger partial charge in [0.05, 0.1) is 23.2 Å². The first-order chi connectivity index (χ1) is 9.63. The number of benzene rings is 2. The van der Waals surface area contributed by atoms with Gasteiger partial charge >= 0.3 is 0 Å². The maximum absolute atomic E-state index is 10.8. The van der Waals surface area contributed by atoms with Gasteiger partial charge in [0.2, 0.25) is 0 Å². The lowest BCUT2D eigenvalue weighted by molar-refractivity contribution is -0.384. The van der Waals surface area contributed by atoms with E-state index in [0.717, 1.165) is 20.9 Å². The minimum Gasteiger partial charge on any atom is -0.260 e. The van der Waals surface area contributed by atoms with Crippen LogP contribution in [0.4, 0.5) is 5.69 Å². The number of halogens is 1. The molecule has 20 heavy (non-hydrogen) atoms. The molecule has 0 aliphatic heterocycles. The average Bonchev–Trinajstić information content (AvgIpc) is 2.84. The fraction of sp³-hybridized carbons (Fsp3) is 0.0714. The molecule has 0 saturated carbocycles. The van der Waals surface area contributed by atoms with Crippen LogP contribution in [0, 0.1) is 10.1 Å². The van der Waals surface area contributed by atoms with Crippen LogP contribution in [0.2, 0.25) is 0 Å². The highest BCUT2D eigenvalue weighted by Crippen LogP contribution is 2.21. The summed E-state index contributed by atoms with van der Waals surface area (Å²) in [6.45, 7) is 0.581. The van der Waals surface area contributed by atoms with Crippen molar-refractivity contribution < 1.29 is 4.92 Å². The molecule has 0 fully saturated rings. The van der Waals surface area contributed by atoms with Crippen LogP contribution in [-0.2, 0) is 6.54 Å². The first-order valence-electron chi connectivity index (χ1n) is 5.98. The van der Waals surface area contributed by atoms with Gasteiger partial charge in [-0.3, -0.25) is 14.8 Å². The number of hydrogen-bond donors (Lipinski definition) is 0. The Morgan fingerprint density at radius 2 is 1.95 bits per heavy atom. The van der Waals surface area contributed by atoms with Crippen LogP contribution >= 0.6 is 15.9 Å². The molecule has 3 rings (SSSR count). The van der Waals surface area contributed by atoms with Gasteiger partial charge in [-0.1, -0.05) is 28.1 Å². The van der Waals surface area contributed by atoms with Crippen molar-refractivity contribution in [2.24, 2.45) is 0 Å². The van der Waals surface area contributed by atoms with E-state index < -0.39 is 4.92 Å². The number of nitro groups is 1. The van der Waals surface area contributed by atoms with E-state index in [9.17, 15) is 10.1 Å². The normalized spacial score (nSPS) is 10.8. The molecule has 100 valence electrons. The summed E-state index contributed by atoms with van der Waals surface area (Å²) in [7, 11) is 0. The number of nitrogens with zero attached hydrogens (tertiary/aromatic N) is 3. The zero-order valence-corrected chi connectivity index (χ0v) is 11.9. The lowest BCUT2D eigenvalue weighted by Crippen LogP contribution is -2.01. The predicted molar refractivity (Wildman–Crippen MR) is 79.6 cm³/mol. The van der Waals surface area contributed by atoms with Crippen LogP contribution in [0.15, 0.2) is 53.1 Å². The Balaban J connectivity index is 2.00. The van der Waals surface area contributed by atoms with Crippen LogP contribution in [0.3, 0.4) is 0 Å². The zero-order valence-electron chi connectivity index (χ0n) is 10.4. The van der Waals surface area contributed by atoms with Crippen LogP contribution in [-0.4, -0.2) is 14.7 Å². The lowest BCUT2D eigenvalue weighted by atomic mass is 10.2. The third-order valence-electron chi connectivity index (χ3n) is 3.08. The van der Waals surface area contributed by atoms with E-state index in [1.807, 2.05) is 24.3 Å². The SMILES string of the molecule is O=[N+]([O-])c1ccc2cnn(Cc3ccc(Br)cc3)c2c1. The fourth-order valence-corrected chi connectivity index (χ4v) is 2.33. The molecule has 2 aromatic carbocycles. The second-order valence-electron chi connectivity index (χ2n) is 4.43. The minimum atomic E-state index is -0.392. The van der Waals surface area contributed by atoms with Gasteiger partial charge in [-0.05, 0) is 23.8 Å². The molecule has 0 saturated heterocycles. The third kappa shape index (κ3) is 2.42.